The minimum Gasteiger partial charge on any atom is -0.481 e. The van der Waals surface area contributed by atoms with Crippen LogP contribution in [0.1, 0.15) is 42.6 Å². The quantitative estimate of drug-likeness (QED) is 0.725. The molecule has 1 aliphatic carbocycles. The first kappa shape index (κ1) is 14.3. The third-order valence-corrected chi connectivity index (χ3v) is 3.67. The summed E-state index contributed by atoms with van der Waals surface area (Å²) in [5, 5.41) is 12.5. The SMILES string of the molecule is NC(=O)c1cccc(NC2CCCCCC2C(=O)O)n1. The van der Waals surface area contributed by atoms with Gasteiger partial charge in [-0.05, 0) is 25.0 Å². The number of nitrogens with zero attached hydrogens (tertiary/aromatic N) is 1. The van der Waals surface area contributed by atoms with Crippen LogP contribution in [0.5, 0.6) is 0 Å². The number of carbonyl (C=O) groups excluding carboxylic acids is 1. The van der Waals surface area contributed by atoms with Gasteiger partial charge in [0.1, 0.15) is 11.5 Å². The van der Waals surface area contributed by atoms with Crippen LogP contribution in [-0.4, -0.2) is 28.0 Å². The van der Waals surface area contributed by atoms with E-state index in [1.807, 2.05) is 0 Å². The zero-order valence-corrected chi connectivity index (χ0v) is 11.2. The lowest BCUT2D eigenvalue weighted by atomic mass is 9.95. The lowest BCUT2D eigenvalue weighted by Gasteiger charge is -2.23. The second-order valence-electron chi connectivity index (χ2n) is 5.11. The van der Waals surface area contributed by atoms with Gasteiger partial charge < -0.3 is 16.2 Å². The number of aromatic nitrogens is 1. The van der Waals surface area contributed by atoms with Gasteiger partial charge >= 0.3 is 5.97 Å². The molecule has 1 aliphatic rings. The lowest BCUT2D eigenvalue weighted by molar-refractivity contribution is -0.142. The normalized spacial score (nSPS) is 22.8. The van der Waals surface area contributed by atoms with Gasteiger partial charge in [-0.25, -0.2) is 4.98 Å². The number of aliphatic carboxylic acids is 1. The maximum absolute atomic E-state index is 11.3. The third-order valence-electron chi connectivity index (χ3n) is 3.67. The molecule has 6 nitrogen and oxygen atoms in total. The first-order valence-electron chi connectivity index (χ1n) is 6.84. The molecule has 0 spiro atoms. The van der Waals surface area contributed by atoms with E-state index in [-0.39, 0.29) is 11.7 Å². The number of primary amides is 1. The van der Waals surface area contributed by atoms with E-state index in [1.165, 1.54) is 6.07 Å². The van der Waals surface area contributed by atoms with Crippen LogP contribution in [0.3, 0.4) is 0 Å². The Bertz CT molecular complexity index is 504. The van der Waals surface area contributed by atoms with Gasteiger partial charge in [0.15, 0.2) is 0 Å². The molecule has 20 heavy (non-hydrogen) atoms. The monoisotopic (exact) mass is 277 g/mol. The molecule has 0 radical (unpaired) electrons. The van der Waals surface area contributed by atoms with Gasteiger partial charge in [0.25, 0.3) is 5.91 Å². The van der Waals surface area contributed by atoms with Crippen molar-refractivity contribution in [1.82, 2.24) is 4.98 Å². The predicted molar refractivity (Wildman–Crippen MR) is 74.4 cm³/mol. The van der Waals surface area contributed by atoms with Gasteiger partial charge in [-0.15, -0.1) is 0 Å². The van der Waals surface area contributed by atoms with E-state index in [4.69, 9.17) is 5.73 Å². The first-order valence-corrected chi connectivity index (χ1v) is 6.84. The highest BCUT2D eigenvalue weighted by atomic mass is 16.4. The second kappa shape index (κ2) is 6.36. The van der Waals surface area contributed by atoms with Crippen LogP contribution >= 0.6 is 0 Å². The molecule has 1 aromatic rings. The molecule has 0 bridgehead atoms. The van der Waals surface area contributed by atoms with Gasteiger partial charge in [0.05, 0.1) is 5.92 Å². The molecule has 1 fully saturated rings. The number of anilines is 1. The molecule has 108 valence electrons. The number of hydrogen-bond donors (Lipinski definition) is 3. The average Bonchev–Trinajstić information content (AvgIpc) is 2.64. The third kappa shape index (κ3) is 3.46. The molecule has 0 aliphatic heterocycles. The van der Waals surface area contributed by atoms with Crippen molar-refractivity contribution < 1.29 is 14.7 Å². The maximum Gasteiger partial charge on any atom is 0.308 e. The molecular formula is C14H19N3O3. The largest absolute Gasteiger partial charge is 0.481 e. The standard InChI is InChI=1S/C14H19N3O3/c15-13(18)11-7-4-8-12(17-11)16-10-6-3-1-2-5-9(10)14(19)20/h4,7-10H,1-3,5-6H2,(H2,15,18)(H,16,17)(H,19,20). The van der Waals surface area contributed by atoms with Gasteiger partial charge in [-0.2, -0.15) is 0 Å². The Kier molecular flexibility index (Phi) is 4.55. The fourth-order valence-electron chi connectivity index (χ4n) is 2.62. The number of carbonyl (C=O) groups is 2. The summed E-state index contributed by atoms with van der Waals surface area (Å²) in [5.74, 6) is -1.30. The van der Waals surface area contributed by atoms with Crippen LogP contribution in [0.4, 0.5) is 5.82 Å². The van der Waals surface area contributed by atoms with Crippen LogP contribution < -0.4 is 11.1 Å². The van der Waals surface area contributed by atoms with Crippen LogP contribution in [-0.2, 0) is 4.79 Å². The molecule has 1 aromatic heterocycles. The summed E-state index contributed by atoms with van der Waals surface area (Å²) in [5.41, 5.74) is 5.37. The molecule has 2 unspecified atom stereocenters. The van der Waals surface area contributed by atoms with Crippen LogP contribution in [0.2, 0.25) is 0 Å². The Morgan fingerprint density at radius 1 is 1.25 bits per heavy atom. The van der Waals surface area contributed by atoms with Gasteiger partial charge in [-0.1, -0.05) is 25.3 Å². The van der Waals surface area contributed by atoms with Crippen molar-refractivity contribution in [3.05, 3.63) is 23.9 Å². The minimum absolute atomic E-state index is 0.161. The summed E-state index contributed by atoms with van der Waals surface area (Å²) in [4.78, 5) is 26.6. The molecule has 0 saturated heterocycles. The summed E-state index contributed by atoms with van der Waals surface area (Å²) in [6.07, 6.45) is 4.44. The van der Waals surface area contributed by atoms with E-state index in [1.54, 1.807) is 12.1 Å². The topological polar surface area (TPSA) is 105 Å². The highest BCUT2D eigenvalue weighted by Crippen LogP contribution is 2.26. The Balaban J connectivity index is 2.15. The van der Waals surface area contributed by atoms with Crippen molar-refractivity contribution in [3.8, 4) is 0 Å². The van der Waals surface area contributed by atoms with Gasteiger partial charge in [0, 0.05) is 6.04 Å². The summed E-state index contributed by atoms with van der Waals surface area (Å²) in [6, 6.07) is 4.78. The Morgan fingerprint density at radius 3 is 2.70 bits per heavy atom. The fourth-order valence-corrected chi connectivity index (χ4v) is 2.62. The van der Waals surface area contributed by atoms with E-state index in [9.17, 15) is 14.7 Å². The number of pyridine rings is 1. The Hall–Kier alpha value is -2.11. The Labute approximate surface area is 117 Å². The molecule has 1 amide bonds. The Morgan fingerprint density at radius 2 is 2.00 bits per heavy atom. The van der Waals surface area contributed by atoms with Crippen molar-refractivity contribution in [2.45, 2.75) is 38.1 Å². The van der Waals surface area contributed by atoms with Crippen molar-refractivity contribution >= 4 is 17.7 Å². The van der Waals surface area contributed by atoms with E-state index >= 15 is 0 Å². The van der Waals surface area contributed by atoms with Crippen molar-refractivity contribution in [2.75, 3.05) is 5.32 Å². The lowest BCUT2D eigenvalue weighted by Crippen LogP contribution is -2.34. The fraction of sp³-hybridized carbons (Fsp3) is 0.500. The molecule has 6 heteroatoms. The molecule has 2 rings (SSSR count). The van der Waals surface area contributed by atoms with Crippen molar-refractivity contribution in [1.29, 1.82) is 0 Å². The minimum atomic E-state index is -0.782. The summed E-state index contributed by atoms with van der Waals surface area (Å²) in [7, 11) is 0. The molecule has 4 N–H and O–H groups in total. The smallest absolute Gasteiger partial charge is 0.308 e. The van der Waals surface area contributed by atoms with Gasteiger partial charge in [-0.3, -0.25) is 9.59 Å². The summed E-state index contributed by atoms with van der Waals surface area (Å²) < 4.78 is 0. The van der Waals surface area contributed by atoms with Crippen molar-refractivity contribution in [3.63, 3.8) is 0 Å². The van der Waals surface area contributed by atoms with E-state index in [0.717, 1.165) is 25.7 Å². The zero-order valence-electron chi connectivity index (χ0n) is 11.2. The number of amides is 1. The second-order valence-corrected chi connectivity index (χ2v) is 5.11. The van der Waals surface area contributed by atoms with Crippen LogP contribution in [0.25, 0.3) is 0 Å². The predicted octanol–water partition coefficient (Wildman–Crippen LogP) is 1.63. The maximum atomic E-state index is 11.3. The van der Waals surface area contributed by atoms with E-state index < -0.39 is 17.8 Å². The highest BCUT2D eigenvalue weighted by molar-refractivity contribution is 5.91. The molecule has 0 aromatic carbocycles. The summed E-state index contributed by atoms with van der Waals surface area (Å²) >= 11 is 0. The molecule has 2 atom stereocenters. The van der Waals surface area contributed by atoms with Gasteiger partial charge in [0.2, 0.25) is 0 Å². The number of hydrogen-bond acceptors (Lipinski definition) is 4. The number of rotatable bonds is 4. The first-order chi connectivity index (χ1) is 9.58. The van der Waals surface area contributed by atoms with E-state index in [2.05, 4.69) is 10.3 Å². The molecule has 1 heterocycles. The highest BCUT2D eigenvalue weighted by Gasteiger charge is 2.29. The van der Waals surface area contributed by atoms with Crippen LogP contribution in [0.15, 0.2) is 18.2 Å². The number of carboxylic acids is 1. The number of carboxylic acid groups (broad SMARTS) is 1. The van der Waals surface area contributed by atoms with Crippen molar-refractivity contribution in [2.24, 2.45) is 11.7 Å². The molecular weight excluding hydrogens is 258 g/mol. The van der Waals surface area contributed by atoms with E-state index in [0.29, 0.717) is 12.2 Å². The number of nitrogens with two attached hydrogens (primary N) is 1. The average molecular weight is 277 g/mol. The zero-order chi connectivity index (χ0) is 14.5. The molecule has 1 saturated carbocycles. The summed E-state index contributed by atoms with van der Waals surface area (Å²) in [6.45, 7) is 0. The van der Waals surface area contributed by atoms with Crippen LogP contribution in [0, 0.1) is 5.92 Å². The number of nitrogens with one attached hydrogen (secondary N) is 1.